The number of piperidine rings is 1. The lowest BCUT2D eigenvalue weighted by Gasteiger charge is -2.45. The van der Waals surface area contributed by atoms with E-state index in [-0.39, 0.29) is 11.0 Å². The molecule has 3 nitrogen and oxygen atoms in total. The van der Waals surface area contributed by atoms with Gasteiger partial charge in [-0.1, -0.05) is 13.8 Å². The van der Waals surface area contributed by atoms with Gasteiger partial charge >= 0.3 is 0 Å². The number of likely N-dealkylation sites (tertiary alicyclic amines) is 1. The average molecular weight is 330 g/mol. The van der Waals surface area contributed by atoms with Crippen LogP contribution < -0.4 is 0 Å². The topological polar surface area (TPSA) is 37.4 Å². The van der Waals surface area contributed by atoms with Gasteiger partial charge in [0.1, 0.15) is 9.84 Å². The average Bonchev–Trinajstić information content (AvgIpc) is 2.37. The lowest BCUT2D eigenvalue weighted by atomic mass is 9.69. The van der Waals surface area contributed by atoms with E-state index < -0.39 is 9.84 Å². The third kappa shape index (κ3) is 4.70. The molecule has 4 heteroatoms. The van der Waals surface area contributed by atoms with Gasteiger partial charge in [0.25, 0.3) is 0 Å². The zero-order chi connectivity index (χ0) is 16.6. The molecular formula is C18H35NO2S. The maximum absolute atomic E-state index is 11.7. The van der Waals surface area contributed by atoms with E-state index in [0.717, 1.165) is 18.8 Å². The summed E-state index contributed by atoms with van der Waals surface area (Å²) in [7, 11) is -2.75. The maximum atomic E-state index is 11.7. The van der Waals surface area contributed by atoms with Gasteiger partial charge in [-0.15, -0.1) is 0 Å². The predicted octanol–water partition coefficient (Wildman–Crippen LogP) is 3.74. The molecule has 2 aliphatic rings. The second kappa shape index (κ2) is 6.43. The molecule has 0 bridgehead atoms. The van der Waals surface area contributed by atoms with Crippen molar-refractivity contribution >= 4 is 9.84 Å². The molecule has 0 spiro atoms. The zero-order valence-corrected chi connectivity index (χ0v) is 16.0. The summed E-state index contributed by atoms with van der Waals surface area (Å²) in [4.78, 5) is 2.63. The minimum Gasteiger partial charge on any atom is -0.298 e. The van der Waals surface area contributed by atoms with Crippen LogP contribution in [-0.2, 0) is 9.84 Å². The molecule has 0 N–H and O–H groups in total. The molecule has 2 fully saturated rings. The van der Waals surface area contributed by atoms with Crippen LogP contribution in [0.15, 0.2) is 0 Å². The fourth-order valence-electron chi connectivity index (χ4n) is 4.42. The van der Waals surface area contributed by atoms with E-state index in [4.69, 9.17) is 0 Å². The summed E-state index contributed by atoms with van der Waals surface area (Å²) < 4.78 is 23.3. The summed E-state index contributed by atoms with van der Waals surface area (Å²) in [6, 6.07) is 0. The molecule has 0 amide bonds. The van der Waals surface area contributed by atoms with Gasteiger partial charge in [0.2, 0.25) is 0 Å². The van der Waals surface area contributed by atoms with Crippen LogP contribution in [0.4, 0.5) is 0 Å². The Kier molecular flexibility index (Phi) is 5.33. The summed E-state index contributed by atoms with van der Waals surface area (Å²) in [5, 5.41) is 0. The molecule has 1 unspecified atom stereocenters. The molecule has 0 aromatic heterocycles. The number of sulfone groups is 1. The first-order valence-electron chi connectivity index (χ1n) is 8.95. The molecule has 2 aliphatic heterocycles. The highest BCUT2D eigenvalue weighted by atomic mass is 32.2. The van der Waals surface area contributed by atoms with Crippen molar-refractivity contribution in [2.45, 2.75) is 72.3 Å². The Morgan fingerprint density at radius 1 is 1.00 bits per heavy atom. The molecule has 22 heavy (non-hydrogen) atoms. The fraction of sp³-hybridized carbons (Fsp3) is 1.00. The van der Waals surface area contributed by atoms with Gasteiger partial charge < -0.3 is 0 Å². The van der Waals surface area contributed by atoms with Crippen LogP contribution in [0.25, 0.3) is 0 Å². The van der Waals surface area contributed by atoms with Gasteiger partial charge in [-0.2, -0.15) is 0 Å². The van der Waals surface area contributed by atoms with Crippen LogP contribution in [0, 0.1) is 17.3 Å². The number of nitrogens with zero attached hydrogens (tertiary/aromatic N) is 1. The van der Waals surface area contributed by atoms with Gasteiger partial charge in [-0.3, -0.25) is 4.90 Å². The standard InChI is InChI=1S/C18H35NO2S/c1-17(2,3)19-10-6-7-15(14-19)13-18(4,5)16-8-11-22(20,21)12-9-16/h15-16H,6-14H2,1-5H3. The minimum absolute atomic E-state index is 0.265. The summed E-state index contributed by atoms with van der Waals surface area (Å²) in [6.45, 7) is 14.1. The van der Waals surface area contributed by atoms with Gasteiger partial charge in [0.05, 0.1) is 11.5 Å². The summed E-state index contributed by atoms with van der Waals surface area (Å²) >= 11 is 0. The molecular weight excluding hydrogens is 294 g/mol. The molecule has 0 saturated carbocycles. The molecule has 1 atom stereocenters. The van der Waals surface area contributed by atoms with Crippen molar-refractivity contribution in [3.05, 3.63) is 0 Å². The minimum atomic E-state index is -2.75. The highest BCUT2D eigenvalue weighted by Gasteiger charge is 2.38. The second-order valence-electron chi connectivity index (χ2n) is 9.24. The van der Waals surface area contributed by atoms with Crippen molar-refractivity contribution in [3.8, 4) is 0 Å². The molecule has 2 saturated heterocycles. The number of hydrogen-bond donors (Lipinski definition) is 0. The van der Waals surface area contributed by atoms with Crippen molar-refractivity contribution in [2.24, 2.45) is 17.3 Å². The Hall–Kier alpha value is -0.0900. The molecule has 0 radical (unpaired) electrons. The Morgan fingerprint density at radius 2 is 1.59 bits per heavy atom. The van der Waals surface area contributed by atoms with Gasteiger partial charge in [0.15, 0.2) is 0 Å². The summed E-state index contributed by atoms with van der Waals surface area (Å²) in [5.74, 6) is 2.14. The Labute approximate surface area is 137 Å². The van der Waals surface area contributed by atoms with Crippen LogP contribution in [0.3, 0.4) is 0 Å². The van der Waals surface area contributed by atoms with Crippen LogP contribution in [0.1, 0.15) is 66.7 Å². The molecule has 0 aromatic carbocycles. The molecule has 0 aliphatic carbocycles. The third-order valence-electron chi connectivity index (χ3n) is 5.94. The van der Waals surface area contributed by atoms with Crippen LogP contribution >= 0.6 is 0 Å². The van der Waals surface area contributed by atoms with Crippen molar-refractivity contribution in [2.75, 3.05) is 24.6 Å². The van der Waals surface area contributed by atoms with Crippen LogP contribution in [0.5, 0.6) is 0 Å². The molecule has 2 rings (SSSR count). The summed E-state index contributed by atoms with van der Waals surface area (Å²) in [6.07, 6.45) is 5.61. The van der Waals surface area contributed by atoms with E-state index in [1.165, 1.54) is 32.4 Å². The third-order valence-corrected chi connectivity index (χ3v) is 7.66. The van der Waals surface area contributed by atoms with E-state index in [1.54, 1.807) is 0 Å². The van der Waals surface area contributed by atoms with Crippen LogP contribution in [0.2, 0.25) is 0 Å². The highest BCUT2D eigenvalue weighted by molar-refractivity contribution is 7.91. The van der Waals surface area contributed by atoms with E-state index in [9.17, 15) is 8.42 Å². The van der Waals surface area contributed by atoms with Gasteiger partial charge in [-0.05, 0) is 76.7 Å². The van der Waals surface area contributed by atoms with Crippen molar-refractivity contribution in [3.63, 3.8) is 0 Å². The monoisotopic (exact) mass is 329 g/mol. The quantitative estimate of drug-likeness (QED) is 0.791. The first kappa shape index (κ1) is 18.3. The summed E-state index contributed by atoms with van der Waals surface area (Å²) in [5.41, 5.74) is 0.531. The van der Waals surface area contributed by atoms with E-state index in [2.05, 4.69) is 39.5 Å². The Morgan fingerprint density at radius 3 is 2.14 bits per heavy atom. The predicted molar refractivity (Wildman–Crippen MR) is 93.8 cm³/mol. The lowest BCUT2D eigenvalue weighted by molar-refractivity contribution is 0.0487. The SMILES string of the molecule is CC(C)(CC1CCCN(C(C)(C)C)C1)C1CCS(=O)(=O)CC1. The molecule has 2 heterocycles. The number of hydrogen-bond acceptors (Lipinski definition) is 3. The maximum Gasteiger partial charge on any atom is 0.150 e. The lowest BCUT2D eigenvalue weighted by Crippen LogP contribution is -2.48. The van der Waals surface area contributed by atoms with E-state index in [0.29, 0.717) is 17.4 Å². The van der Waals surface area contributed by atoms with Crippen LogP contribution in [-0.4, -0.2) is 43.5 Å². The van der Waals surface area contributed by atoms with E-state index in [1.807, 2.05) is 0 Å². The Balaban J connectivity index is 1.94. The first-order chi connectivity index (χ1) is 10.00. The molecule has 0 aromatic rings. The van der Waals surface area contributed by atoms with Crippen molar-refractivity contribution in [1.82, 2.24) is 4.90 Å². The van der Waals surface area contributed by atoms with Crippen molar-refractivity contribution in [1.29, 1.82) is 0 Å². The first-order valence-corrected chi connectivity index (χ1v) is 10.8. The van der Waals surface area contributed by atoms with E-state index >= 15 is 0 Å². The highest BCUT2D eigenvalue weighted by Crippen LogP contribution is 2.42. The second-order valence-corrected chi connectivity index (χ2v) is 11.5. The van der Waals surface area contributed by atoms with Crippen molar-refractivity contribution < 1.29 is 8.42 Å². The van der Waals surface area contributed by atoms with Gasteiger partial charge in [-0.25, -0.2) is 8.42 Å². The zero-order valence-electron chi connectivity index (χ0n) is 15.2. The fourth-order valence-corrected chi connectivity index (χ4v) is 5.91. The largest absolute Gasteiger partial charge is 0.298 e. The van der Waals surface area contributed by atoms with Gasteiger partial charge in [0, 0.05) is 12.1 Å². The smallest absolute Gasteiger partial charge is 0.150 e. The normalized spacial score (nSPS) is 28.7. The molecule has 130 valence electrons. The number of rotatable bonds is 3. The Bertz CT molecular complexity index is 462.